The fourth-order valence-corrected chi connectivity index (χ4v) is 8.28. The van der Waals surface area contributed by atoms with Gasteiger partial charge < -0.3 is 8.98 Å². The van der Waals surface area contributed by atoms with Gasteiger partial charge in [-0.15, -0.1) is 0 Å². The molecule has 0 radical (unpaired) electrons. The fraction of sp³-hybridized carbons (Fsp3) is 0. The Kier molecular flexibility index (Phi) is 5.14. The Labute approximate surface area is 276 Å². The number of benzene rings is 9. The second-order valence-corrected chi connectivity index (χ2v) is 12.8. The van der Waals surface area contributed by atoms with Crippen molar-refractivity contribution in [3.05, 3.63) is 164 Å². The van der Waals surface area contributed by atoms with Crippen LogP contribution in [0.15, 0.2) is 168 Å². The Bertz CT molecular complexity index is 3050. The lowest BCUT2D eigenvalue weighted by atomic mass is 9.86. The van der Waals surface area contributed by atoms with E-state index < -0.39 is 0 Å². The van der Waals surface area contributed by atoms with Gasteiger partial charge in [0.25, 0.3) is 0 Å². The highest BCUT2D eigenvalue weighted by atomic mass is 16.3. The van der Waals surface area contributed by atoms with E-state index >= 15 is 0 Å². The number of furan rings is 1. The molecule has 0 fully saturated rings. The zero-order chi connectivity index (χ0) is 31.3. The van der Waals surface area contributed by atoms with Crippen LogP contribution in [0, 0.1) is 0 Å². The molecule has 0 bridgehead atoms. The van der Waals surface area contributed by atoms with Crippen LogP contribution in [0.5, 0.6) is 0 Å². The van der Waals surface area contributed by atoms with Gasteiger partial charge in [0, 0.05) is 27.2 Å². The Morgan fingerprint density at radius 2 is 1.00 bits per heavy atom. The molecule has 0 aliphatic heterocycles. The van der Waals surface area contributed by atoms with E-state index in [9.17, 15) is 0 Å². The number of rotatable bonds is 3. The number of aromatic nitrogens is 1. The van der Waals surface area contributed by atoms with Crippen LogP contribution in [0.3, 0.4) is 0 Å². The van der Waals surface area contributed by atoms with Gasteiger partial charge in [0.1, 0.15) is 11.2 Å². The molecule has 9 aromatic carbocycles. The molecule has 0 amide bonds. The summed E-state index contributed by atoms with van der Waals surface area (Å²) in [5.74, 6) is 0. The van der Waals surface area contributed by atoms with Crippen molar-refractivity contribution in [2.45, 2.75) is 0 Å². The van der Waals surface area contributed by atoms with Crippen molar-refractivity contribution in [1.82, 2.24) is 4.57 Å². The summed E-state index contributed by atoms with van der Waals surface area (Å²) in [5, 5.41) is 12.6. The quantitative estimate of drug-likeness (QED) is 0.182. The normalized spacial score (nSPS) is 12.2. The molecule has 0 unspecified atom stereocenters. The van der Waals surface area contributed by atoms with Crippen molar-refractivity contribution in [3.8, 4) is 27.9 Å². The van der Waals surface area contributed by atoms with Crippen molar-refractivity contribution in [3.63, 3.8) is 0 Å². The molecular formula is C46H27NO. The van der Waals surface area contributed by atoms with Gasteiger partial charge >= 0.3 is 0 Å². The highest BCUT2D eigenvalue weighted by molar-refractivity contribution is 6.29. The lowest BCUT2D eigenvalue weighted by molar-refractivity contribution is 0.669. The van der Waals surface area contributed by atoms with Crippen molar-refractivity contribution in [1.29, 1.82) is 0 Å². The second kappa shape index (κ2) is 9.57. The molecule has 11 rings (SSSR count). The van der Waals surface area contributed by atoms with Gasteiger partial charge in [-0.25, -0.2) is 0 Å². The van der Waals surface area contributed by atoms with Crippen LogP contribution in [0.2, 0.25) is 0 Å². The number of hydrogen-bond donors (Lipinski definition) is 0. The first-order valence-electron chi connectivity index (χ1n) is 16.5. The number of fused-ring (bicyclic) bond motifs is 6. The molecule has 0 saturated heterocycles. The van der Waals surface area contributed by atoms with Gasteiger partial charge in [-0.1, -0.05) is 121 Å². The SMILES string of the molecule is c1ccc(-n2c3ccccc3c3cc(-c4ccc5ccc6c(-c7cccc8oc9ccccc9c78)ccc7ccc4c5c76)ccc32)cc1. The minimum Gasteiger partial charge on any atom is -0.456 e. The molecule has 0 aliphatic carbocycles. The monoisotopic (exact) mass is 609 g/mol. The third kappa shape index (κ3) is 3.46. The Morgan fingerprint density at radius 1 is 0.354 bits per heavy atom. The molecule has 0 spiro atoms. The van der Waals surface area contributed by atoms with E-state index in [4.69, 9.17) is 4.42 Å². The van der Waals surface area contributed by atoms with Crippen LogP contribution >= 0.6 is 0 Å². The van der Waals surface area contributed by atoms with E-state index in [1.807, 2.05) is 6.07 Å². The molecule has 0 aliphatic rings. The van der Waals surface area contributed by atoms with Crippen LogP contribution < -0.4 is 0 Å². The van der Waals surface area contributed by atoms with E-state index in [1.165, 1.54) is 87.5 Å². The van der Waals surface area contributed by atoms with Crippen molar-refractivity contribution in [2.75, 3.05) is 0 Å². The summed E-state index contributed by atoms with van der Waals surface area (Å²) in [5.41, 5.74) is 10.4. The van der Waals surface area contributed by atoms with E-state index in [-0.39, 0.29) is 0 Å². The fourth-order valence-electron chi connectivity index (χ4n) is 8.28. The molecular weight excluding hydrogens is 583 g/mol. The van der Waals surface area contributed by atoms with Crippen LogP contribution in [-0.2, 0) is 0 Å². The number of para-hydroxylation sites is 3. The summed E-state index contributed by atoms with van der Waals surface area (Å²) in [6.45, 7) is 0. The summed E-state index contributed by atoms with van der Waals surface area (Å²) in [4.78, 5) is 0. The van der Waals surface area contributed by atoms with Crippen LogP contribution in [0.1, 0.15) is 0 Å². The molecule has 0 N–H and O–H groups in total. The van der Waals surface area contributed by atoms with Crippen LogP contribution in [-0.4, -0.2) is 4.57 Å². The van der Waals surface area contributed by atoms with Gasteiger partial charge in [-0.2, -0.15) is 0 Å². The maximum atomic E-state index is 6.29. The first-order valence-corrected chi connectivity index (χ1v) is 16.5. The average Bonchev–Trinajstić information content (AvgIpc) is 3.70. The third-order valence-corrected chi connectivity index (χ3v) is 10.4. The first kappa shape index (κ1) is 25.8. The zero-order valence-corrected chi connectivity index (χ0v) is 25.9. The lowest BCUT2D eigenvalue weighted by Crippen LogP contribution is -1.93. The average molecular weight is 610 g/mol. The minimum absolute atomic E-state index is 0.922. The molecule has 2 aromatic heterocycles. The Morgan fingerprint density at radius 3 is 1.83 bits per heavy atom. The topological polar surface area (TPSA) is 18.1 Å². The Hall–Kier alpha value is -6.38. The summed E-state index contributed by atoms with van der Waals surface area (Å²) in [6.07, 6.45) is 0. The predicted octanol–water partition coefficient (Wildman–Crippen LogP) is 12.9. The van der Waals surface area contributed by atoms with Gasteiger partial charge in [0.2, 0.25) is 0 Å². The van der Waals surface area contributed by atoms with Crippen molar-refractivity contribution >= 4 is 76.1 Å². The second-order valence-electron chi connectivity index (χ2n) is 12.8. The summed E-state index contributed by atoms with van der Waals surface area (Å²) in [7, 11) is 0. The maximum Gasteiger partial charge on any atom is 0.136 e. The third-order valence-electron chi connectivity index (χ3n) is 10.4. The van der Waals surface area contributed by atoms with Gasteiger partial charge in [0.05, 0.1) is 11.0 Å². The van der Waals surface area contributed by atoms with E-state index in [2.05, 4.69) is 162 Å². The predicted molar refractivity (Wildman–Crippen MR) is 203 cm³/mol. The molecule has 2 nitrogen and oxygen atoms in total. The molecule has 48 heavy (non-hydrogen) atoms. The molecule has 2 heteroatoms. The largest absolute Gasteiger partial charge is 0.456 e. The Balaban J connectivity index is 1.17. The maximum absolute atomic E-state index is 6.29. The molecule has 2 heterocycles. The van der Waals surface area contributed by atoms with Crippen molar-refractivity contribution in [2.24, 2.45) is 0 Å². The highest BCUT2D eigenvalue weighted by Crippen LogP contribution is 2.45. The first-order chi connectivity index (χ1) is 23.8. The molecule has 0 atom stereocenters. The molecule has 11 aromatic rings. The standard InChI is InChI=1S/C46H27NO/c1-2-9-31(10-3-1)47-40-14-6-4-11-34(40)39-27-30(21-26-41(39)47)32-22-17-28-20-25-37-33(23-18-29-19-24-36(32)44(28)45(29)37)35-13-8-16-43-46(35)38-12-5-7-15-42(38)48-43/h1-27H. The van der Waals surface area contributed by atoms with Gasteiger partial charge in [0.15, 0.2) is 0 Å². The van der Waals surface area contributed by atoms with E-state index in [0.29, 0.717) is 0 Å². The van der Waals surface area contributed by atoms with Crippen molar-refractivity contribution < 1.29 is 4.42 Å². The summed E-state index contributed by atoms with van der Waals surface area (Å²) in [6, 6.07) is 59.6. The van der Waals surface area contributed by atoms with E-state index in [0.717, 1.165) is 16.6 Å². The molecule has 0 saturated carbocycles. The smallest absolute Gasteiger partial charge is 0.136 e. The highest BCUT2D eigenvalue weighted by Gasteiger charge is 2.19. The van der Waals surface area contributed by atoms with Gasteiger partial charge in [-0.05, 0) is 97.0 Å². The van der Waals surface area contributed by atoms with E-state index in [1.54, 1.807) is 0 Å². The van der Waals surface area contributed by atoms with Crippen LogP contribution in [0.4, 0.5) is 0 Å². The molecule has 222 valence electrons. The van der Waals surface area contributed by atoms with Gasteiger partial charge in [-0.3, -0.25) is 0 Å². The lowest BCUT2D eigenvalue weighted by Gasteiger charge is -2.17. The number of hydrogen-bond acceptors (Lipinski definition) is 1. The minimum atomic E-state index is 0.922. The number of nitrogens with zero attached hydrogens (tertiary/aromatic N) is 1. The zero-order valence-electron chi connectivity index (χ0n) is 25.9. The van der Waals surface area contributed by atoms with Crippen LogP contribution in [0.25, 0.3) is 104 Å². The summed E-state index contributed by atoms with van der Waals surface area (Å²) < 4.78 is 8.67. The summed E-state index contributed by atoms with van der Waals surface area (Å²) >= 11 is 0.